The van der Waals surface area contributed by atoms with Crippen LogP contribution in [0.1, 0.15) is 27.9 Å². The molecule has 0 aliphatic heterocycles. The van der Waals surface area contributed by atoms with Gasteiger partial charge in [0.2, 0.25) is 5.91 Å². The van der Waals surface area contributed by atoms with Crippen LogP contribution in [0.5, 0.6) is 0 Å². The molecule has 0 bridgehead atoms. The van der Waals surface area contributed by atoms with Gasteiger partial charge in [0, 0.05) is 38.0 Å². The molecule has 3 aromatic rings. The third-order valence-corrected chi connectivity index (χ3v) is 4.85. The maximum absolute atomic E-state index is 12.5. The second-order valence-corrected chi connectivity index (χ2v) is 7.02. The zero-order chi connectivity index (χ0) is 20.6. The highest BCUT2D eigenvalue weighted by Crippen LogP contribution is 2.22. The number of Topliss-reactive ketones (excluding diaryl/α,β-unsaturated/α-hetero) is 1. The molecular formula is C24H25N3O2. The molecule has 0 aliphatic carbocycles. The molecule has 0 saturated carbocycles. The number of hydrogen-bond donors (Lipinski definition) is 1. The highest BCUT2D eigenvalue weighted by atomic mass is 16.2. The fourth-order valence-electron chi connectivity index (χ4n) is 3.16. The molecule has 2 N–H and O–H groups in total. The van der Waals surface area contributed by atoms with Crippen molar-refractivity contribution in [1.29, 1.82) is 0 Å². The summed E-state index contributed by atoms with van der Waals surface area (Å²) in [5, 5.41) is 0. The van der Waals surface area contributed by atoms with E-state index in [1.54, 1.807) is 24.3 Å². The second kappa shape index (κ2) is 9.75. The normalized spacial score (nSPS) is 10.6. The van der Waals surface area contributed by atoms with Gasteiger partial charge in [0.25, 0.3) is 0 Å². The summed E-state index contributed by atoms with van der Waals surface area (Å²) in [6.07, 6.45) is 4.67. The first kappa shape index (κ1) is 20.4. The summed E-state index contributed by atoms with van der Waals surface area (Å²) in [6, 6.07) is 19.6. The number of carbonyl (C=O) groups excluding carboxylic acids is 2. The summed E-state index contributed by atoms with van der Waals surface area (Å²) in [4.78, 5) is 29.8. The maximum atomic E-state index is 12.5. The Balaban J connectivity index is 1.66. The van der Waals surface area contributed by atoms with Crippen molar-refractivity contribution < 1.29 is 9.59 Å². The van der Waals surface area contributed by atoms with E-state index in [0.29, 0.717) is 24.9 Å². The predicted octanol–water partition coefficient (Wildman–Crippen LogP) is 3.48. The predicted molar refractivity (Wildman–Crippen MR) is 114 cm³/mol. The molecule has 2 aromatic carbocycles. The molecule has 5 heteroatoms. The monoisotopic (exact) mass is 387 g/mol. The van der Waals surface area contributed by atoms with Gasteiger partial charge < -0.3 is 10.6 Å². The van der Waals surface area contributed by atoms with E-state index in [4.69, 9.17) is 5.73 Å². The Kier molecular flexibility index (Phi) is 6.87. The number of hydrogen-bond acceptors (Lipinski definition) is 4. The Bertz CT molecular complexity index is 969. The van der Waals surface area contributed by atoms with Gasteiger partial charge in [0.15, 0.2) is 5.78 Å². The zero-order valence-corrected chi connectivity index (χ0v) is 16.5. The molecule has 3 rings (SSSR count). The number of benzene rings is 2. The first-order valence-electron chi connectivity index (χ1n) is 9.62. The zero-order valence-electron chi connectivity index (χ0n) is 16.5. The number of ketones is 1. The Morgan fingerprint density at radius 1 is 0.966 bits per heavy atom. The van der Waals surface area contributed by atoms with Crippen molar-refractivity contribution in [2.45, 2.75) is 19.4 Å². The van der Waals surface area contributed by atoms with Crippen molar-refractivity contribution in [3.8, 4) is 11.1 Å². The van der Waals surface area contributed by atoms with Gasteiger partial charge in [0.05, 0.1) is 6.54 Å². The van der Waals surface area contributed by atoms with Gasteiger partial charge in [-0.3, -0.25) is 14.6 Å². The molecule has 0 atom stereocenters. The summed E-state index contributed by atoms with van der Waals surface area (Å²) < 4.78 is 0. The van der Waals surface area contributed by atoms with Crippen LogP contribution in [-0.4, -0.2) is 35.2 Å². The number of likely N-dealkylation sites (N-methyl/N-ethyl adjacent to an activating group) is 1. The molecule has 5 nitrogen and oxygen atoms in total. The van der Waals surface area contributed by atoms with Crippen LogP contribution in [-0.2, 0) is 17.8 Å². The Morgan fingerprint density at radius 3 is 2.41 bits per heavy atom. The summed E-state index contributed by atoms with van der Waals surface area (Å²) in [7, 11) is 1.74. The smallest absolute Gasteiger partial charge is 0.236 e. The van der Waals surface area contributed by atoms with Gasteiger partial charge in [-0.2, -0.15) is 0 Å². The molecule has 0 spiro atoms. The Labute approximate surface area is 171 Å². The maximum Gasteiger partial charge on any atom is 0.236 e. The number of nitrogens with zero attached hydrogens (tertiary/aromatic N) is 2. The number of aromatic nitrogens is 1. The molecule has 1 heterocycles. The molecule has 0 saturated heterocycles. The molecule has 0 unspecified atom stereocenters. The first-order valence-corrected chi connectivity index (χ1v) is 9.62. The molecule has 1 amide bonds. The van der Waals surface area contributed by atoms with Gasteiger partial charge in [-0.15, -0.1) is 0 Å². The van der Waals surface area contributed by atoms with Gasteiger partial charge in [-0.25, -0.2) is 0 Å². The number of amides is 1. The van der Waals surface area contributed by atoms with Gasteiger partial charge >= 0.3 is 0 Å². The Morgan fingerprint density at radius 2 is 1.72 bits per heavy atom. The number of aryl methyl sites for hydroxylation is 1. The largest absolute Gasteiger partial charge is 0.340 e. The van der Waals surface area contributed by atoms with Crippen LogP contribution in [0, 0.1) is 0 Å². The summed E-state index contributed by atoms with van der Waals surface area (Å²) >= 11 is 0. The van der Waals surface area contributed by atoms with Crippen molar-refractivity contribution in [2.24, 2.45) is 5.73 Å². The lowest BCUT2D eigenvalue weighted by atomic mass is 9.99. The van der Waals surface area contributed by atoms with Crippen LogP contribution >= 0.6 is 0 Å². The van der Waals surface area contributed by atoms with Crippen LogP contribution in [0.15, 0.2) is 73.1 Å². The summed E-state index contributed by atoms with van der Waals surface area (Å²) in [6.45, 7) is 0.515. The van der Waals surface area contributed by atoms with E-state index in [2.05, 4.69) is 11.1 Å². The molecular weight excluding hydrogens is 362 g/mol. The van der Waals surface area contributed by atoms with E-state index in [1.165, 1.54) is 0 Å². The van der Waals surface area contributed by atoms with E-state index in [1.807, 2.05) is 54.6 Å². The van der Waals surface area contributed by atoms with Crippen molar-refractivity contribution >= 4 is 11.7 Å². The van der Waals surface area contributed by atoms with Crippen molar-refractivity contribution in [2.75, 3.05) is 13.6 Å². The molecule has 0 radical (unpaired) electrons. The van der Waals surface area contributed by atoms with Crippen LogP contribution in [0.2, 0.25) is 0 Å². The number of carbonyl (C=O) groups is 2. The van der Waals surface area contributed by atoms with E-state index in [0.717, 1.165) is 22.3 Å². The fourth-order valence-corrected chi connectivity index (χ4v) is 3.16. The third kappa shape index (κ3) is 5.59. The van der Waals surface area contributed by atoms with E-state index in [9.17, 15) is 9.59 Å². The molecule has 0 fully saturated rings. The Hall–Kier alpha value is -3.31. The van der Waals surface area contributed by atoms with Crippen LogP contribution in [0.3, 0.4) is 0 Å². The molecule has 148 valence electrons. The lowest BCUT2D eigenvalue weighted by molar-refractivity contribution is -0.128. The molecule has 1 aromatic heterocycles. The number of pyridine rings is 1. The minimum absolute atomic E-state index is 0.00641. The number of nitrogens with two attached hydrogens (primary N) is 1. The van der Waals surface area contributed by atoms with Crippen LogP contribution < -0.4 is 5.73 Å². The average molecular weight is 387 g/mol. The van der Waals surface area contributed by atoms with Crippen molar-refractivity contribution in [1.82, 2.24) is 9.88 Å². The van der Waals surface area contributed by atoms with Gasteiger partial charge in [0.1, 0.15) is 0 Å². The van der Waals surface area contributed by atoms with Crippen molar-refractivity contribution in [3.05, 3.63) is 89.7 Å². The topological polar surface area (TPSA) is 76.3 Å². The van der Waals surface area contributed by atoms with Crippen LogP contribution in [0.4, 0.5) is 0 Å². The van der Waals surface area contributed by atoms with E-state index < -0.39 is 0 Å². The van der Waals surface area contributed by atoms with Crippen LogP contribution in [0.25, 0.3) is 11.1 Å². The lowest BCUT2D eigenvalue weighted by Crippen LogP contribution is -2.32. The van der Waals surface area contributed by atoms with Crippen molar-refractivity contribution in [3.63, 3.8) is 0 Å². The summed E-state index contributed by atoms with van der Waals surface area (Å²) in [5.41, 5.74) is 10.3. The third-order valence-electron chi connectivity index (χ3n) is 4.85. The standard InChI is InChI=1S/C24H25N3O2/c1-27(24(29)15-25)17-19-4-2-6-22(14-19)20-8-10-21(11-9-20)23(28)12-7-18-5-3-13-26-16-18/h2-6,8-11,13-14,16H,7,12,15,17,25H2,1H3. The van der Waals surface area contributed by atoms with E-state index in [-0.39, 0.29) is 18.2 Å². The minimum Gasteiger partial charge on any atom is -0.340 e. The lowest BCUT2D eigenvalue weighted by Gasteiger charge is -2.16. The quantitative estimate of drug-likeness (QED) is 0.601. The molecule has 29 heavy (non-hydrogen) atoms. The number of rotatable bonds is 8. The van der Waals surface area contributed by atoms with Gasteiger partial charge in [-0.1, -0.05) is 48.5 Å². The first-order chi connectivity index (χ1) is 14.1. The van der Waals surface area contributed by atoms with E-state index >= 15 is 0 Å². The fraction of sp³-hybridized carbons (Fsp3) is 0.208. The molecule has 0 aliphatic rings. The van der Waals surface area contributed by atoms with Gasteiger partial charge in [-0.05, 0) is 40.8 Å². The highest BCUT2D eigenvalue weighted by molar-refractivity contribution is 5.96. The summed E-state index contributed by atoms with van der Waals surface area (Å²) in [5.74, 6) is 0.0284. The highest BCUT2D eigenvalue weighted by Gasteiger charge is 2.09. The SMILES string of the molecule is CN(Cc1cccc(-c2ccc(C(=O)CCc3cccnc3)cc2)c1)C(=O)CN. The minimum atomic E-state index is -0.0930. The second-order valence-electron chi connectivity index (χ2n) is 7.02. The average Bonchev–Trinajstić information content (AvgIpc) is 2.77.